The lowest BCUT2D eigenvalue weighted by Crippen LogP contribution is -2.21. The molecule has 0 fully saturated rings. The molecule has 3 rings (SSSR count). The van der Waals surface area contributed by atoms with Crippen LogP contribution in [0, 0.1) is 6.92 Å². The van der Waals surface area contributed by atoms with Crippen molar-refractivity contribution >= 4 is 34.4 Å². The number of pyridine rings is 1. The van der Waals surface area contributed by atoms with Crippen molar-refractivity contribution < 1.29 is 0 Å². The van der Waals surface area contributed by atoms with Crippen molar-refractivity contribution in [3.05, 3.63) is 84.6 Å². The molecule has 3 aromatic rings. The summed E-state index contributed by atoms with van der Waals surface area (Å²) in [7, 11) is 0. The van der Waals surface area contributed by atoms with Crippen molar-refractivity contribution in [1.82, 2.24) is 4.98 Å². The van der Waals surface area contributed by atoms with Gasteiger partial charge in [0.05, 0.1) is 6.19 Å². The molecule has 0 bridgehead atoms. The van der Waals surface area contributed by atoms with Crippen LogP contribution in [0.1, 0.15) is 5.56 Å². The maximum absolute atomic E-state index is 6.11. The summed E-state index contributed by atoms with van der Waals surface area (Å²) in [5.74, 6) is 0.821. The van der Waals surface area contributed by atoms with Gasteiger partial charge >= 0.3 is 0 Å². The number of benzene rings is 2. The standard InChI is InChI=1S/C18H17N2PS/c1-15-12-13-18(19-14-15)20-21(22,16-8-4-2-5-9-16)17-10-6-3-7-11-17/h2-14H,1H3,(H,19,20,22). The van der Waals surface area contributed by atoms with E-state index in [4.69, 9.17) is 11.8 Å². The fourth-order valence-corrected chi connectivity index (χ4v) is 5.46. The molecule has 22 heavy (non-hydrogen) atoms. The fourth-order valence-electron chi connectivity index (χ4n) is 2.25. The Labute approximate surface area is 136 Å². The summed E-state index contributed by atoms with van der Waals surface area (Å²) in [6, 6.07) is 24.6. The van der Waals surface area contributed by atoms with E-state index < -0.39 is 6.19 Å². The second kappa shape index (κ2) is 6.43. The van der Waals surface area contributed by atoms with E-state index in [2.05, 4.69) is 34.3 Å². The third-order valence-electron chi connectivity index (χ3n) is 3.42. The van der Waals surface area contributed by atoms with Crippen molar-refractivity contribution in [1.29, 1.82) is 0 Å². The predicted octanol–water partition coefficient (Wildman–Crippen LogP) is 3.85. The Bertz CT molecular complexity index is 743. The molecule has 0 saturated carbocycles. The predicted molar refractivity (Wildman–Crippen MR) is 99.0 cm³/mol. The summed E-state index contributed by atoms with van der Waals surface area (Å²) in [6.07, 6.45) is -0.281. The Morgan fingerprint density at radius 3 is 1.82 bits per heavy atom. The molecule has 2 aromatic carbocycles. The second-order valence-electron chi connectivity index (χ2n) is 5.11. The number of nitrogens with zero attached hydrogens (tertiary/aromatic N) is 1. The number of aryl methyl sites for hydroxylation is 1. The third-order valence-corrected chi connectivity index (χ3v) is 7.56. The molecule has 110 valence electrons. The third kappa shape index (κ3) is 3.11. The number of hydrogen-bond acceptors (Lipinski definition) is 2. The van der Waals surface area contributed by atoms with Gasteiger partial charge in [-0.05, 0) is 18.6 Å². The number of nitrogens with one attached hydrogen (secondary N) is 1. The van der Waals surface area contributed by atoms with Crippen molar-refractivity contribution in [2.75, 3.05) is 5.09 Å². The fraction of sp³-hybridized carbons (Fsp3) is 0.0556. The van der Waals surface area contributed by atoms with Crippen LogP contribution in [0.25, 0.3) is 0 Å². The molecule has 0 atom stereocenters. The number of rotatable bonds is 4. The lowest BCUT2D eigenvalue weighted by molar-refractivity contribution is 1.28. The van der Waals surface area contributed by atoms with Gasteiger partial charge in [0, 0.05) is 16.8 Å². The van der Waals surface area contributed by atoms with Crippen molar-refractivity contribution in [3.63, 3.8) is 0 Å². The highest BCUT2D eigenvalue weighted by molar-refractivity contribution is 8.22. The van der Waals surface area contributed by atoms with Crippen molar-refractivity contribution in [3.8, 4) is 0 Å². The van der Waals surface area contributed by atoms with E-state index in [1.807, 2.05) is 61.7 Å². The van der Waals surface area contributed by atoms with E-state index in [1.54, 1.807) is 0 Å². The van der Waals surface area contributed by atoms with Gasteiger partial charge in [-0.1, -0.05) is 78.5 Å². The molecular weight excluding hydrogens is 307 g/mol. The number of hydrogen-bond donors (Lipinski definition) is 1. The molecule has 0 amide bonds. The van der Waals surface area contributed by atoms with Crippen LogP contribution in [0.4, 0.5) is 5.82 Å². The van der Waals surface area contributed by atoms with Gasteiger partial charge in [0.2, 0.25) is 0 Å². The smallest absolute Gasteiger partial charge is 0.130 e. The van der Waals surface area contributed by atoms with E-state index in [-0.39, 0.29) is 0 Å². The SMILES string of the molecule is Cc1ccc(NP(=S)(c2ccccc2)c2ccccc2)nc1. The Morgan fingerprint density at radius 2 is 1.36 bits per heavy atom. The van der Waals surface area contributed by atoms with E-state index in [9.17, 15) is 0 Å². The quantitative estimate of drug-likeness (QED) is 0.738. The van der Waals surface area contributed by atoms with Gasteiger partial charge in [0.1, 0.15) is 5.82 Å². The lowest BCUT2D eigenvalue weighted by Gasteiger charge is -2.25. The normalized spacial score (nSPS) is 11.1. The zero-order valence-corrected chi connectivity index (χ0v) is 14.0. The maximum atomic E-state index is 6.11. The first-order valence-corrected chi connectivity index (χ1v) is 9.91. The molecule has 4 heteroatoms. The lowest BCUT2D eigenvalue weighted by atomic mass is 10.3. The average Bonchev–Trinajstić information content (AvgIpc) is 2.58. The summed E-state index contributed by atoms with van der Waals surface area (Å²) in [6.45, 7) is 2.03. The highest BCUT2D eigenvalue weighted by Crippen LogP contribution is 2.43. The molecule has 0 saturated heterocycles. The average molecular weight is 324 g/mol. The van der Waals surface area contributed by atoms with Gasteiger partial charge in [-0.25, -0.2) is 4.98 Å². The molecule has 0 aliphatic heterocycles. The van der Waals surface area contributed by atoms with Gasteiger partial charge in [0.15, 0.2) is 0 Å². The molecule has 1 N–H and O–H groups in total. The summed E-state index contributed by atoms with van der Waals surface area (Å²) in [5, 5.41) is 5.81. The van der Waals surface area contributed by atoms with Gasteiger partial charge in [-0.15, -0.1) is 0 Å². The van der Waals surface area contributed by atoms with Gasteiger partial charge in [-0.3, -0.25) is 0 Å². The minimum atomic E-state index is -2.14. The monoisotopic (exact) mass is 324 g/mol. The topological polar surface area (TPSA) is 24.9 Å². The highest BCUT2D eigenvalue weighted by Gasteiger charge is 2.22. The van der Waals surface area contributed by atoms with Crippen molar-refractivity contribution in [2.24, 2.45) is 0 Å². The largest absolute Gasteiger partial charge is 0.335 e. The zero-order chi connectivity index (χ0) is 15.4. The molecular formula is C18H17N2PS. The van der Waals surface area contributed by atoms with Crippen LogP contribution < -0.4 is 15.7 Å². The van der Waals surface area contributed by atoms with Crippen LogP contribution in [0.15, 0.2) is 79.0 Å². The molecule has 1 aromatic heterocycles. The number of aromatic nitrogens is 1. The van der Waals surface area contributed by atoms with E-state index in [0.29, 0.717) is 0 Å². The maximum Gasteiger partial charge on any atom is 0.130 e. The van der Waals surface area contributed by atoms with Crippen LogP contribution in [0.2, 0.25) is 0 Å². The van der Waals surface area contributed by atoms with Gasteiger partial charge in [0.25, 0.3) is 0 Å². The van der Waals surface area contributed by atoms with Crippen molar-refractivity contribution in [2.45, 2.75) is 6.92 Å². The van der Waals surface area contributed by atoms with E-state index >= 15 is 0 Å². The highest BCUT2D eigenvalue weighted by atomic mass is 32.4. The Kier molecular flexibility index (Phi) is 4.37. The molecule has 2 nitrogen and oxygen atoms in total. The second-order valence-corrected chi connectivity index (χ2v) is 9.23. The van der Waals surface area contributed by atoms with Crippen LogP contribution in [-0.4, -0.2) is 4.98 Å². The molecule has 0 spiro atoms. The summed E-state index contributed by atoms with van der Waals surface area (Å²) >= 11 is 6.11. The Morgan fingerprint density at radius 1 is 0.818 bits per heavy atom. The first kappa shape index (κ1) is 15.0. The van der Waals surface area contributed by atoms with Gasteiger partial charge < -0.3 is 5.09 Å². The van der Waals surface area contributed by atoms with Gasteiger partial charge in [-0.2, -0.15) is 0 Å². The minimum Gasteiger partial charge on any atom is -0.335 e. The molecule has 0 radical (unpaired) electrons. The molecule has 0 aliphatic rings. The van der Waals surface area contributed by atoms with E-state index in [1.165, 1.54) is 0 Å². The zero-order valence-electron chi connectivity index (χ0n) is 12.3. The van der Waals surface area contributed by atoms with Crippen LogP contribution >= 0.6 is 6.19 Å². The van der Waals surface area contributed by atoms with Crippen LogP contribution in [0.3, 0.4) is 0 Å². The van der Waals surface area contributed by atoms with Crippen LogP contribution in [-0.2, 0) is 11.8 Å². The summed E-state index contributed by atoms with van der Waals surface area (Å²) in [4.78, 5) is 4.46. The summed E-state index contributed by atoms with van der Waals surface area (Å²) < 4.78 is 0. The molecule has 0 unspecified atom stereocenters. The van der Waals surface area contributed by atoms with Crippen LogP contribution in [0.5, 0.6) is 0 Å². The Hall–Kier alpha value is -1.96. The first-order chi connectivity index (χ1) is 10.7. The summed E-state index contributed by atoms with van der Waals surface area (Å²) in [5.41, 5.74) is 1.14. The minimum absolute atomic E-state index is 0.821. The molecule has 0 aliphatic carbocycles. The van der Waals surface area contributed by atoms with E-state index in [0.717, 1.165) is 22.0 Å². The Balaban J connectivity index is 2.08. The molecule has 1 heterocycles. The number of anilines is 1. The first-order valence-electron chi connectivity index (χ1n) is 7.11.